The molecule has 184 valence electrons. The maximum Gasteiger partial charge on any atom is 0.166 e. The summed E-state index contributed by atoms with van der Waals surface area (Å²) >= 11 is 0. The van der Waals surface area contributed by atoms with Gasteiger partial charge in [-0.25, -0.2) is 0 Å². The number of ketones is 1. The molecule has 0 N–H and O–H groups in total. The molecule has 1 aromatic carbocycles. The highest BCUT2D eigenvalue weighted by Gasteiger charge is 2.32. The summed E-state index contributed by atoms with van der Waals surface area (Å²) in [6.45, 7) is 24.7. The molecule has 1 aromatic rings. The molecule has 0 radical (unpaired) electrons. The van der Waals surface area contributed by atoms with Gasteiger partial charge in [-0.05, 0) is 68.2 Å². The molecule has 0 amide bonds. The summed E-state index contributed by atoms with van der Waals surface area (Å²) in [5.74, 6) is 1.39. The van der Waals surface area contributed by atoms with Crippen molar-refractivity contribution < 1.29 is 4.79 Å². The molecule has 1 atom stereocenters. The van der Waals surface area contributed by atoms with E-state index in [9.17, 15) is 4.79 Å². The van der Waals surface area contributed by atoms with Crippen molar-refractivity contribution in [1.29, 1.82) is 0 Å². The van der Waals surface area contributed by atoms with E-state index < -0.39 is 0 Å². The number of rotatable bonds is 9. The number of hydrogen-bond acceptors (Lipinski definition) is 1. The Morgan fingerprint density at radius 2 is 1.62 bits per heavy atom. The number of carbonyl (C=O) groups is 1. The summed E-state index contributed by atoms with van der Waals surface area (Å²) in [7, 11) is 0. The fourth-order valence-electron chi connectivity index (χ4n) is 4.31. The highest BCUT2D eigenvalue weighted by atomic mass is 16.1. The number of allylic oxidation sites excluding steroid dienone is 3. The van der Waals surface area contributed by atoms with E-state index >= 15 is 0 Å². The van der Waals surface area contributed by atoms with E-state index in [1.807, 2.05) is 46.8 Å². The van der Waals surface area contributed by atoms with E-state index in [4.69, 9.17) is 0 Å². The van der Waals surface area contributed by atoms with Gasteiger partial charge in [0, 0.05) is 11.5 Å². The second-order valence-corrected chi connectivity index (χ2v) is 8.25. The molecule has 1 aliphatic carbocycles. The van der Waals surface area contributed by atoms with Crippen LogP contribution in [0.25, 0.3) is 0 Å². The van der Waals surface area contributed by atoms with E-state index in [0.717, 1.165) is 37.2 Å². The summed E-state index contributed by atoms with van der Waals surface area (Å²) < 4.78 is 0. The van der Waals surface area contributed by atoms with Crippen molar-refractivity contribution in [2.45, 2.75) is 121 Å². The van der Waals surface area contributed by atoms with Crippen molar-refractivity contribution in [3.8, 4) is 0 Å². The number of Topliss-reactive ketones (excluding diaryl/α,β-unsaturated/α-hetero) is 1. The van der Waals surface area contributed by atoms with E-state index in [-0.39, 0.29) is 5.92 Å². The second-order valence-electron chi connectivity index (χ2n) is 8.25. The SMILES string of the molecule is C=C(/C=C\C)CC.CC.CC.CCCC(CCC)CC1Cc2cc(C)c(CC)cc2C1=O. The van der Waals surface area contributed by atoms with Crippen molar-refractivity contribution in [3.05, 3.63) is 58.7 Å². The molecule has 0 saturated heterocycles. The fourth-order valence-corrected chi connectivity index (χ4v) is 4.31. The molecule has 0 saturated carbocycles. The lowest BCUT2D eigenvalue weighted by Crippen LogP contribution is -2.15. The quantitative estimate of drug-likeness (QED) is 0.348. The van der Waals surface area contributed by atoms with Gasteiger partial charge < -0.3 is 0 Å². The van der Waals surface area contributed by atoms with Gasteiger partial charge >= 0.3 is 0 Å². The maximum absolute atomic E-state index is 12.7. The van der Waals surface area contributed by atoms with Gasteiger partial charge in [0.2, 0.25) is 0 Å². The van der Waals surface area contributed by atoms with Gasteiger partial charge in [-0.2, -0.15) is 0 Å². The van der Waals surface area contributed by atoms with Crippen molar-refractivity contribution in [2.75, 3.05) is 0 Å². The lowest BCUT2D eigenvalue weighted by atomic mass is 9.86. The van der Waals surface area contributed by atoms with Crippen LogP contribution in [0.15, 0.2) is 36.4 Å². The van der Waals surface area contributed by atoms with Gasteiger partial charge in [-0.3, -0.25) is 4.79 Å². The van der Waals surface area contributed by atoms with Crippen LogP contribution in [0.1, 0.15) is 128 Å². The first-order valence-electron chi connectivity index (χ1n) is 13.4. The zero-order chi connectivity index (χ0) is 25.1. The van der Waals surface area contributed by atoms with E-state index in [1.165, 1.54) is 47.9 Å². The maximum atomic E-state index is 12.7. The smallest absolute Gasteiger partial charge is 0.166 e. The van der Waals surface area contributed by atoms with E-state index in [2.05, 4.69) is 53.3 Å². The summed E-state index contributed by atoms with van der Waals surface area (Å²) in [6.07, 6.45) is 13.2. The first kappa shape index (κ1) is 32.5. The van der Waals surface area contributed by atoms with Gasteiger partial charge in [0.15, 0.2) is 5.78 Å². The molecule has 1 aliphatic rings. The Bertz CT molecular complexity index is 659. The molecule has 0 spiro atoms. The number of fused-ring (bicyclic) bond motifs is 1. The van der Waals surface area contributed by atoms with Gasteiger partial charge in [-0.15, -0.1) is 0 Å². The van der Waals surface area contributed by atoms with E-state index in [1.54, 1.807) is 0 Å². The number of hydrogen-bond donors (Lipinski definition) is 0. The minimum Gasteiger partial charge on any atom is -0.294 e. The molecule has 0 heterocycles. The lowest BCUT2D eigenvalue weighted by Gasteiger charge is -2.18. The molecule has 32 heavy (non-hydrogen) atoms. The first-order chi connectivity index (χ1) is 15.4. The topological polar surface area (TPSA) is 17.1 Å². The van der Waals surface area contributed by atoms with Crippen molar-refractivity contribution in [2.24, 2.45) is 11.8 Å². The summed E-state index contributed by atoms with van der Waals surface area (Å²) in [5.41, 5.74) is 6.20. The normalized spacial score (nSPS) is 14.1. The predicted molar refractivity (Wildman–Crippen MR) is 147 cm³/mol. The van der Waals surface area contributed by atoms with E-state index in [0.29, 0.717) is 5.78 Å². The minimum atomic E-state index is 0.245. The number of aryl methyl sites for hydroxylation is 2. The zero-order valence-electron chi connectivity index (χ0n) is 23.2. The van der Waals surface area contributed by atoms with Crippen LogP contribution in [0.3, 0.4) is 0 Å². The lowest BCUT2D eigenvalue weighted by molar-refractivity contribution is 0.0915. The molecule has 0 bridgehead atoms. The van der Waals surface area contributed by atoms with Gasteiger partial charge in [0.1, 0.15) is 0 Å². The van der Waals surface area contributed by atoms with Crippen LogP contribution < -0.4 is 0 Å². The standard InChI is InChI=1S/C20H30O.C7H12.2C2H6/c1-5-8-15(9-6-2)11-18-12-17-10-14(4)16(7-3)13-19(17)20(18)21;1-4-6-7(3)5-2;2*1-2/h10,13,15,18H,5-9,11-12H2,1-4H3;4,6H,3,5H2,1-2H3;2*1-2H3/b;6-4-;;. The van der Waals surface area contributed by atoms with Crippen LogP contribution in [0, 0.1) is 18.8 Å². The van der Waals surface area contributed by atoms with Gasteiger partial charge in [0.25, 0.3) is 0 Å². The zero-order valence-corrected chi connectivity index (χ0v) is 23.2. The van der Waals surface area contributed by atoms with Crippen LogP contribution in [-0.4, -0.2) is 5.78 Å². The summed E-state index contributed by atoms with van der Waals surface area (Å²) in [5, 5.41) is 0. The van der Waals surface area contributed by atoms with Crippen LogP contribution in [-0.2, 0) is 12.8 Å². The van der Waals surface area contributed by atoms with Crippen molar-refractivity contribution in [3.63, 3.8) is 0 Å². The number of carbonyl (C=O) groups excluding carboxylic acids is 1. The van der Waals surface area contributed by atoms with Crippen LogP contribution >= 0.6 is 0 Å². The molecular weight excluding hydrogens is 388 g/mol. The Hall–Kier alpha value is -1.63. The highest BCUT2D eigenvalue weighted by molar-refractivity contribution is 6.02. The molecule has 1 nitrogen and oxygen atoms in total. The Balaban J connectivity index is 0. The fraction of sp³-hybridized carbons (Fsp3) is 0.645. The third-order valence-corrected chi connectivity index (χ3v) is 5.91. The average Bonchev–Trinajstić information content (AvgIpc) is 3.10. The predicted octanol–water partition coefficient (Wildman–Crippen LogP) is 10.1. The monoisotopic (exact) mass is 442 g/mol. The van der Waals surface area contributed by atoms with Crippen molar-refractivity contribution >= 4 is 5.78 Å². The largest absolute Gasteiger partial charge is 0.294 e. The first-order valence-corrected chi connectivity index (χ1v) is 13.4. The Morgan fingerprint density at radius 3 is 2.03 bits per heavy atom. The molecule has 1 heteroatoms. The second kappa shape index (κ2) is 20.0. The summed E-state index contributed by atoms with van der Waals surface area (Å²) in [6, 6.07) is 4.43. The minimum absolute atomic E-state index is 0.245. The van der Waals surface area contributed by atoms with Crippen LogP contribution in [0.2, 0.25) is 0 Å². The molecule has 0 aliphatic heterocycles. The average molecular weight is 443 g/mol. The third kappa shape index (κ3) is 11.3. The van der Waals surface area contributed by atoms with Gasteiger partial charge in [-0.1, -0.05) is 111 Å². The van der Waals surface area contributed by atoms with Crippen molar-refractivity contribution in [1.82, 2.24) is 0 Å². The third-order valence-electron chi connectivity index (χ3n) is 5.91. The molecule has 2 rings (SSSR count). The molecule has 1 unspecified atom stereocenters. The van der Waals surface area contributed by atoms with Crippen LogP contribution in [0.5, 0.6) is 0 Å². The molecular formula is C31H54O. The Labute approximate surface area is 201 Å². The van der Waals surface area contributed by atoms with Crippen LogP contribution in [0.4, 0.5) is 0 Å². The summed E-state index contributed by atoms with van der Waals surface area (Å²) in [4.78, 5) is 12.7. The molecule has 0 fully saturated rings. The highest BCUT2D eigenvalue weighted by Crippen LogP contribution is 2.35. The van der Waals surface area contributed by atoms with Gasteiger partial charge in [0.05, 0.1) is 0 Å². The Kier molecular flexibility index (Phi) is 20.4. The number of benzene rings is 1. The Morgan fingerprint density at radius 1 is 1.06 bits per heavy atom. The molecule has 0 aromatic heterocycles.